The second-order valence-electron chi connectivity index (χ2n) is 8.37. The molecule has 2 aromatic rings. The first-order valence-corrected chi connectivity index (χ1v) is 10.2. The van der Waals surface area contributed by atoms with Crippen molar-refractivity contribution in [2.45, 2.75) is 58.0 Å². The lowest BCUT2D eigenvalue weighted by atomic mass is 10.1. The summed E-state index contributed by atoms with van der Waals surface area (Å²) in [6.45, 7) is 11.1. The summed E-state index contributed by atoms with van der Waals surface area (Å²) in [5.41, 5.74) is 11.3. The van der Waals surface area contributed by atoms with Crippen molar-refractivity contribution in [2.24, 2.45) is 11.5 Å². The molecular formula is C20H34N8O2. The Morgan fingerprint density at radius 2 is 1.97 bits per heavy atom. The number of carbonyl (C=O) groups is 2. The van der Waals surface area contributed by atoms with Gasteiger partial charge in [-0.15, -0.1) is 0 Å². The summed E-state index contributed by atoms with van der Waals surface area (Å²) in [6, 6.07) is -0.530. The third-order valence-electron chi connectivity index (χ3n) is 5.17. The number of rotatable bonds is 7. The highest BCUT2D eigenvalue weighted by molar-refractivity contribution is 5.93. The van der Waals surface area contributed by atoms with Crippen molar-refractivity contribution in [3.8, 4) is 0 Å². The van der Waals surface area contributed by atoms with Crippen molar-refractivity contribution >= 4 is 17.6 Å². The highest BCUT2D eigenvalue weighted by atomic mass is 16.2. The van der Waals surface area contributed by atoms with Crippen molar-refractivity contribution in [3.63, 3.8) is 0 Å². The number of hydrogen-bond acceptors (Lipinski definition) is 6. The van der Waals surface area contributed by atoms with Gasteiger partial charge in [-0.05, 0) is 53.6 Å². The van der Waals surface area contributed by atoms with Gasteiger partial charge in [0.05, 0.1) is 30.2 Å². The number of amides is 2. The normalized spacial score (nSPS) is 16.4. The minimum absolute atomic E-state index is 0.0470. The molecule has 6 N–H and O–H groups in total. The van der Waals surface area contributed by atoms with E-state index < -0.39 is 6.04 Å². The molecule has 1 saturated heterocycles. The Morgan fingerprint density at radius 3 is 2.50 bits per heavy atom. The summed E-state index contributed by atoms with van der Waals surface area (Å²) >= 11 is 0. The van der Waals surface area contributed by atoms with Crippen molar-refractivity contribution in [3.05, 3.63) is 30.7 Å². The van der Waals surface area contributed by atoms with Gasteiger partial charge >= 0.3 is 0 Å². The zero-order valence-electron chi connectivity index (χ0n) is 18.3. The molecular weight excluding hydrogens is 384 g/mol. The molecule has 0 saturated carbocycles. The Balaban J connectivity index is 0.000000269. The molecule has 30 heavy (non-hydrogen) atoms. The second-order valence-corrected chi connectivity index (χ2v) is 8.37. The van der Waals surface area contributed by atoms with Gasteiger partial charge < -0.3 is 31.2 Å². The third-order valence-corrected chi connectivity index (χ3v) is 5.17. The summed E-state index contributed by atoms with van der Waals surface area (Å²) in [7, 11) is 0. The first kappa shape index (κ1) is 23.6. The molecule has 3 rings (SSSR count). The van der Waals surface area contributed by atoms with Crippen LogP contribution in [0.25, 0.3) is 0 Å². The number of aromatic nitrogens is 4. The number of anilines is 1. The Kier molecular flexibility index (Phi) is 8.13. The van der Waals surface area contributed by atoms with Gasteiger partial charge in [-0.2, -0.15) is 0 Å². The number of primary amides is 1. The molecule has 2 amide bonds. The van der Waals surface area contributed by atoms with Gasteiger partial charge in [0, 0.05) is 24.6 Å². The zero-order chi connectivity index (χ0) is 22.3. The average molecular weight is 419 g/mol. The molecule has 2 atom stereocenters. The predicted octanol–water partition coefficient (Wildman–Crippen LogP) is 0.998. The van der Waals surface area contributed by atoms with Crippen LogP contribution in [0.2, 0.25) is 0 Å². The molecule has 2 aromatic heterocycles. The van der Waals surface area contributed by atoms with Crippen molar-refractivity contribution < 1.29 is 9.59 Å². The molecule has 0 spiro atoms. The van der Waals surface area contributed by atoms with Crippen molar-refractivity contribution in [2.75, 3.05) is 25.0 Å². The lowest BCUT2D eigenvalue weighted by Crippen LogP contribution is -2.39. The molecule has 0 bridgehead atoms. The maximum absolute atomic E-state index is 11.6. The number of nitrogens with one attached hydrogen (secondary N) is 2. The van der Waals surface area contributed by atoms with Crippen LogP contribution < -0.4 is 16.8 Å². The fourth-order valence-corrected chi connectivity index (χ4v) is 3.18. The number of likely N-dealkylation sites (tertiary alicyclic amines) is 1. The minimum atomic E-state index is -0.530. The van der Waals surface area contributed by atoms with Gasteiger partial charge in [-0.3, -0.25) is 9.59 Å². The quantitative estimate of drug-likeness (QED) is 0.527. The first-order chi connectivity index (χ1) is 14.1. The number of hydrogen-bond donors (Lipinski definition) is 4. The van der Waals surface area contributed by atoms with Crippen LogP contribution in [0.4, 0.5) is 5.82 Å². The fourth-order valence-electron chi connectivity index (χ4n) is 3.18. The molecule has 2 unspecified atom stereocenters. The SMILES string of the molecule is CC(C(N)=O)c1cnc[nH]1.CC(N)C(=O)Nc1cn(C(C)(C)CN2CCCC2)cn1. The molecule has 10 heteroatoms. The fraction of sp³-hybridized carbons (Fsp3) is 0.600. The van der Waals surface area contributed by atoms with Gasteiger partial charge in [0.25, 0.3) is 0 Å². The van der Waals surface area contributed by atoms with Crippen LogP contribution in [0.15, 0.2) is 25.0 Å². The number of carbonyl (C=O) groups excluding carboxylic acids is 2. The number of H-pyrrole nitrogens is 1. The van der Waals surface area contributed by atoms with Crippen molar-refractivity contribution in [1.29, 1.82) is 0 Å². The first-order valence-electron chi connectivity index (χ1n) is 10.2. The van der Waals surface area contributed by atoms with E-state index in [-0.39, 0.29) is 23.3 Å². The Hall–Kier alpha value is -2.72. The number of imidazole rings is 2. The van der Waals surface area contributed by atoms with Gasteiger partial charge in [0.1, 0.15) is 0 Å². The predicted molar refractivity (Wildman–Crippen MR) is 116 cm³/mol. The van der Waals surface area contributed by atoms with Crippen LogP contribution in [-0.4, -0.2) is 61.9 Å². The number of nitrogens with zero attached hydrogens (tertiary/aromatic N) is 4. The van der Waals surface area contributed by atoms with E-state index in [9.17, 15) is 9.59 Å². The Morgan fingerprint density at radius 1 is 1.30 bits per heavy atom. The lowest BCUT2D eigenvalue weighted by Gasteiger charge is -2.31. The van der Waals surface area contributed by atoms with E-state index in [1.54, 1.807) is 26.4 Å². The Bertz CT molecular complexity index is 807. The molecule has 10 nitrogen and oxygen atoms in total. The van der Waals surface area contributed by atoms with Crippen LogP contribution in [0, 0.1) is 0 Å². The van der Waals surface area contributed by atoms with Gasteiger partial charge in [-0.1, -0.05) is 0 Å². The monoisotopic (exact) mass is 418 g/mol. The molecule has 1 aliphatic heterocycles. The molecule has 0 aliphatic carbocycles. The number of nitrogens with two attached hydrogens (primary N) is 2. The third kappa shape index (κ3) is 6.67. The highest BCUT2D eigenvalue weighted by Gasteiger charge is 2.25. The van der Waals surface area contributed by atoms with Gasteiger partial charge in [-0.25, -0.2) is 9.97 Å². The molecule has 0 aromatic carbocycles. The molecule has 166 valence electrons. The molecule has 1 aliphatic rings. The van der Waals surface area contributed by atoms with Crippen molar-refractivity contribution in [1.82, 2.24) is 24.4 Å². The van der Waals surface area contributed by atoms with Gasteiger partial charge in [0.15, 0.2) is 5.82 Å². The molecule has 1 fully saturated rings. The van der Waals surface area contributed by atoms with Crippen LogP contribution in [0.3, 0.4) is 0 Å². The average Bonchev–Trinajstić information content (AvgIpc) is 3.43. The van der Waals surface area contributed by atoms with Crippen LogP contribution >= 0.6 is 0 Å². The summed E-state index contributed by atoms with van der Waals surface area (Å²) in [4.78, 5) is 35.4. The van der Waals surface area contributed by atoms with Crippen LogP contribution in [0.5, 0.6) is 0 Å². The van der Waals surface area contributed by atoms with E-state index in [4.69, 9.17) is 11.5 Å². The lowest BCUT2D eigenvalue weighted by molar-refractivity contribution is -0.119. The van der Waals surface area contributed by atoms with E-state index in [2.05, 4.69) is 43.6 Å². The van der Waals surface area contributed by atoms with E-state index in [1.165, 1.54) is 32.3 Å². The Labute approximate surface area is 177 Å². The summed E-state index contributed by atoms with van der Waals surface area (Å²) in [5, 5.41) is 2.72. The van der Waals surface area contributed by atoms with Crippen LogP contribution in [0.1, 0.15) is 52.1 Å². The summed E-state index contributed by atoms with van der Waals surface area (Å²) in [5.74, 6) is -0.277. The maximum Gasteiger partial charge on any atom is 0.242 e. The number of aromatic amines is 1. The van der Waals surface area contributed by atoms with E-state index in [1.807, 2.05) is 6.20 Å². The van der Waals surface area contributed by atoms with E-state index >= 15 is 0 Å². The maximum atomic E-state index is 11.6. The largest absolute Gasteiger partial charge is 0.369 e. The van der Waals surface area contributed by atoms with Gasteiger partial charge in [0.2, 0.25) is 11.8 Å². The highest BCUT2D eigenvalue weighted by Crippen LogP contribution is 2.21. The summed E-state index contributed by atoms with van der Waals surface area (Å²) in [6.07, 6.45) is 9.33. The van der Waals surface area contributed by atoms with E-state index in [0.717, 1.165) is 12.2 Å². The topological polar surface area (TPSA) is 148 Å². The zero-order valence-corrected chi connectivity index (χ0v) is 18.3. The minimum Gasteiger partial charge on any atom is -0.369 e. The standard InChI is InChI=1S/C14H25N5O.C6H9N3O/c1-11(15)13(20)17-12-8-19(10-16-12)14(2,3)9-18-6-4-5-7-18;1-4(6(7)10)5-2-8-3-9-5/h8,10-11H,4-7,9,15H2,1-3H3,(H,17,20);2-4H,1H3,(H2,7,10)(H,8,9). The van der Waals surface area contributed by atoms with E-state index in [0.29, 0.717) is 5.82 Å². The smallest absolute Gasteiger partial charge is 0.242 e. The van der Waals surface area contributed by atoms with Crippen LogP contribution in [-0.2, 0) is 15.1 Å². The molecule has 3 heterocycles. The molecule has 0 radical (unpaired) electrons. The summed E-state index contributed by atoms with van der Waals surface area (Å²) < 4.78 is 2.06. The second kappa shape index (κ2) is 10.4.